The van der Waals surface area contributed by atoms with Crippen LogP contribution in [0.5, 0.6) is 5.75 Å². The number of ether oxygens (including phenoxy) is 2. The molecule has 0 unspecified atom stereocenters. The maximum absolute atomic E-state index is 13.9. The molecule has 0 aliphatic heterocycles. The molecule has 3 rings (SSSR count). The van der Waals surface area contributed by atoms with E-state index in [-0.39, 0.29) is 30.9 Å². The fraction of sp³-hybridized carbons (Fsp3) is 0.333. The summed E-state index contributed by atoms with van der Waals surface area (Å²) in [5.74, 6) is 0.543. The summed E-state index contributed by atoms with van der Waals surface area (Å²) in [6.07, 6.45) is 1.21. The van der Waals surface area contributed by atoms with Crippen molar-refractivity contribution in [2.75, 3.05) is 13.2 Å². The molecule has 0 spiro atoms. The first-order valence-electron chi connectivity index (χ1n) is 9.84. The molecule has 3 nitrogen and oxygen atoms in total. The van der Waals surface area contributed by atoms with Crippen LogP contribution in [0, 0.1) is 5.82 Å². The molecule has 5 heteroatoms. The summed E-state index contributed by atoms with van der Waals surface area (Å²) in [7, 11) is 0. The molecule has 156 valence electrons. The zero-order valence-electron chi connectivity index (χ0n) is 17.0. The molecule has 1 N–H and O–H groups in total. The minimum absolute atomic E-state index is 0. The Bertz CT molecular complexity index is 901. The van der Waals surface area contributed by atoms with Crippen LogP contribution in [0.1, 0.15) is 31.4 Å². The summed E-state index contributed by atoms with van der Waals surface area (Å²) < 4.78 is 25.5. The minimum atomic E-state index is -0.242. The predicted octanol–water partition coefficient (Wildman–Crippen LogP) is 5.88. The van der Waals surface area contributed by atoms with Crippen molar-refractivity contribution in [1.29, 1.82) is 0 Å². The molecular weight excluding hydrogens is 389 g/mol. The van der Waals surface area contributed by atoms with Crippen molar-refractivity contribution in [1.82, 2.24) is 5.32 Å². The highest BCUT2D eigenvalue weighted by molar-refractivity contribution is 5.87. The van der Waals surface area contributed by atoms with Crippen LogP contribution in [-0.2, 0) is 17.9 Å². The third-order valence-electron chi connectivity index (χ3n) is 4.59. The Morgan fingerprint density at radius 1 is 0.966 bits per heavy atom. The minimum Gasteiger partial charge on any atom is -0.488 e. The summed E-state index contributed by atoms with van der Waals surface area (Å²) in [5, 5.41) is 5.80. The van der Waals surface area contributed by atoms with Crippen LogP contribution in [0.25, 0.3) is 10.8 Å². The van der Waals surface area contributed by atoms with E-state index in [1.807, 2.05) is 44.2 Å². The van der Waals surface area contributed by atoms with E-state index in [1.54, 1.807) is 12.1 Å². The molecule has 0 fully saturated rings. The molecule has 0 aliphatic rings. The lowest BCUT2D eigenvalue weighted by molar-refractivity contribution is 0.0770. The molecule has 3 aromatic rings. The lowest BCUT2D eigenvalue weighted by Crippen LogP contribution is -2.18. The molecule has 0 aliphatic carbocycles. The molecule has 0 heterocycles. The SMILES string of the molecule is CC(C)OCCCNCc1c(OCc2ccccc2F)ccc2ccccc12.Cl. The third kappa shape index (κ3) is 6.70. The van der Waals surface area contributed by atoms with Crippen LogP contribution < -0.4 is 10.1 Å². The zero-order chi connectivity index (χ0) is 19.8. The van der Waals surface area contributed by atoms with Crippen molar-refractivity contribution in [3.05, 3.63) is 77.6 Å². The van der Waals surface area contributed by atoms with Gasteiger partial charge in [0, 0.05) is 24.3 Å². The Kier molecular flexibility index (Phi) is 9.39. The van der Waals surface area contributed by atoms with Crippen molar-refractivity contribution < 1.29 is 13.9 Å². The Balaban J connectivity index is 0.00000300. The van der Waals surface area contributed by atoms with Gasteiger partial charge in [-0.3, -0.25) is 0 Å². The van der Waals surface area contributed by atoms with Gasteiger partial charge in [-0.2, -0.15) is 0 Å². The first-order chi connectivity index (χ1) is 13.6. The van der Waals surface area contributed by atoms with Crippen molar-refractivity contribution in [3.8, 4) is 5.75 Å². The Hall–Kier alpha value is -2.14. The van der Waals surface area contributed by atoms with E-state index >= 15 is 0 Å². The van der Waals surface area contributed by atoms with Crippen LogP contribution in [0.15, 0.2) is 60.7 Å². The summed E-state index contributed by atoms with van der Waals surface area (Å²) in [5.41, 5.74) is 1.65. The van der Waals surface area contributed by atoms with Gasteiger partial charge in [0.05, 0.1) is 6.10 Å². The van der Waals surface area contributed by atoms with Gasteiger partial charge in [-0.1, -0.05) is 48.5 Å². The monoisotopic (exact) mass is 417 g/mol. The number of halogens is 2. The first-order valence-corrected chi connectivity index (χ1v) is 9.84. The Morgan fingerprint density at radius 3 is 2.52 bits per heavy atom. The summed E-state index contributed by atoms with van der Waals surface area (Å²) >= 11 is 0. The average Bonchev–Trinajstić information content (AvgIpc) is 2.70. The van der Waals surface area contributed by atoms with Crippen LogP contribution in [0.2, 0.25) is 0 Å². The molecule has 0 amide bonds. The fourth-order valence-corrected chi connectivity index (χ4v) is 3.13. The number of rotatable bonds is 10. The van der Waals surface area contributed by atoms with Gasteiger partial charge in [0.15, 0.2) is 0 Å². The van der Waals surface area contributed by atoms with Gasteiger partial charge in [-0.05, 0) is 49.7 Å². The molecule has 3 aromatic carbocycles. The van der Waals surface area contributed by atoms with E-state index in [9.17, 15) is 4.39 Å². The number of nitrogens with one attached hydrogen (secondary N) is 1. The predicted molar refractivity (Wildman–Crippen MR) is 119 cm³/mol. The van der Waals surface area contributed by atoms with Crippen LogP contribution in [0.3, 0.4) is 0 Å². The smallest absolute Gasteiger partial charge is 0.129 e. The summed E-state index contributed by atoms with van der Waals surface area (Å²) in [4.78, 5) is 0. The fourth-order valence-electron chi connectivity index (χ4n) is 3.13. The second-order valence-corrected chi connectivity index (χ2v) is 7.09. The molecule has 0 radical (unpaired) electrons. The van der Waals surface area contributed by atoms with Crippen molar-refractivity contribution in [2.45, 2.75) is 39.5 Å². The van der Waals surface area contributed by atoms with E-state index in [0.29, 0.717) is 12.1 Å². The lowest BCUT2D eigenvalue weighted by Gasteiger charge is -2.16. The zero-order valence-corrected chi connectivity index (χ0v) is 17.8. The van der Waals surface area contributed by atoms with Crippen molar-refractivity contribution in [3.63, 3.8) is 0 Å². The van der Waals surface area contributed by atoms with Gasteiger partial charge in [0.1, 0.15) is 18.2 Å². The van der Waals surface area contributed by atoms with Gasteiger partial charge in [-0.25, -0.2) is 4.39 Å². The van der Waals surface area contributed by atoms with E-state index in [0.717, 1.165) is 36.3 Å². The highest BCUT2D eigenvalue weighted by Crippen LogP contribution is 2.29. The number of benzene rings is 3. The van der Waals surface area contributed by atoms with Gasteiger partial charge in [0.25, 0.3) is 0 Å². The molecule has 29 heavy (non-hydrogen) atoms. The quantitative estimate of drug-likeness (QED) is 0.417. The van der Waals surface area contributed by atoms with Gasteiger partial charge >= 0.3 is 0 Å². The molecule has 0 bridgehead atoms. The molecule has 0 saturated carbocycles. The van der Waals surface area contributed by atoms with Crippen molar-refractivity contribution in [2.24, 2.45) is 0 Å². The van der Waals surface area contributed by atoms with Gasteiger partial charge in [0.2, 0.25) is 0 Å². The first kappa shape index (κ1) is 23.1. The highest BCUT2D eigenvalue weighted by atomic mass is 35.5. The normalized spacial score (nSPS) is 10.9. The van der Waals surface area contributed by atoms with Gasteiger partial charge < -0.3 is 14.8 Å². The highest BCUT2D eigenvalue weighted by Gasteiger charge is 2.10. The Morgan fingerprint density at radius 2 is 1.72 bits per heavy atom. The van der Waals surface area contributed by atoms with Crippen LogP contribution >= 0.6 is 12.4 Å². The lowest BCUT2D eigenvalue weighted by atomic mass is 10.0. The second kappa shape index (κ2) is 11.8. The van der Waals surface area contributed by atoms with E-state index < -0.39 is 0 Å². The standard InChI is InChI=1S/C24H28FNO2.ClH/c1-18(2)27-15-7-14-26-16-22-21-10-5-3-8-19(21)12-13-24(22)28-17-20-9-4-6-11-23(20)25;/h3-6,8-13,18,26H,7,14-17H2,1-2H3;1H. The third-order valence-corrected chi connectivity index (χ3v) is 4.59. The molecular formula is C24H29ClFNO2. The second-order valence-electron chi connectivity index (χ2n) is 7.09. The Labute approximate surface area is 178 Å². The largest absolute Gasteiger partial charge is 0.488 e. The van der Waals surface area contributed by atoms with E-state index in [4.69, 9.17) is 9.47 Å². The molecule has 0 saturated heterocycles. The maximum atomic E-state index is 13.9. The number of fused-ring (bicyclic) bond motifs is 1. The average molecular weight is 418 g/mol. The van der Waals surface area contributed by atoms with Gasteiger partial charge in [-0.15, -0.1) is 12.4 Å². The molecule has 0 aromatic heterocycles. The summed E-state index contributed by atoms with van der Waals surface area (Å²) in [6.45, 7) is 6.60. The summed E-state index contributed by atoms with van der Waals surface area (Å²) in [6, 6.07) is 19.0. The van der Waals surface area contributed by atoms with E-state index in [2.05, 4.69) is 17.4 Å². The van der Waals surface area contributed by atoms with Crippen LogP contribution in [0.4, 0.5) is 4.39 Å². The van der Waals surface area contributed by atoms with E-state index in [1.165, 1.54) is 11.5 Å². The topological polar surface area (TPSA) is 30.5 Å². The number of hydrogen-bond donors (Lipinski definition) is 1. The number of hydrogen-bond acceptors (Lipinski definition) is 3. The van der Waals surface area contributed by atoms with Crippen LogP contribution in [-0.4, -0.2) is 19.3 Å². The van der Waals surface area contributed by atoms with Crippen molar-refractivity contribution >= 4 is 23.2 Å². The molecule has 0 atom stereocenters. The maximum Gasteiger partial charge on any atom is 0.129 e.